The van der Waals surface area contributed by atoms with Crippen LogP contribution in [0, 0.1) is 28.7 Å². The molecule has 0 aliphatic heterocycles. The number of benzene rings is 2. The molecule has 130 valence electrons. The van der Waals surface area contributed by atoms with Gasteiger partial charge in [-0.25, -0.2) is 13.6 Å². The fourth-order valence-electron chi connectivity index (χ4n) is 1.97. The third kappa shape index (κ3) is 4.56. The summed E-state index contributed by atoms with van der Waals surface area (Å²) in [5.41, 5.74) is 0.174. The average molecular weight is 350 g/mol. The summed E-state index contributed by atoms with van der Waals surface area (Å²) in [4.78, 5) is 33.7. The SMILES string of the molecule is Cc1cc(C(=O)OCC(=O)Nc2ccc(F)c(F)c2)ccc1[N+](=O)[O-]. The molecule has 2 rings (SSSR count). The standard InChI is InChI=1S/C16H12F2N2O5/c1-9-6-10(2-5-14(9)20(23)24)16(22)25-8-15(21)19-11-3-4-12(17)13(18)7-11/h2-7H,8H2,1H3,(H,19,21). The van der Waals surface area contributed by atoms with Crippen molar-refractivity contribution in [2.24, 2.45) is 0 Å². The lowest BCUT2D eigenvalue weighted by Crippen LogP contribution is -2.21. The zero-order valence-electron chi connectivity index (χ0n) is 12.9. The fraction of sp³-hybridized carbons (Fsp3) is 0.125. The topological polar surface area (TPSA) is 98.5 Å². The molecule has 0 bridgehead atoms. The van der Waals surface area contributed by atoms with Crippen LogP contribution in [-0.2, 0) is 9.53 Å². The first-order valence-corrected chi connectivity index (χ1v) is 6.95. The average Bonchev–Trinajstić information content (AvgIpc) is 2.55. The van der Waals surface area contributed by atoms with Crippen LogP contribution in [0.1, 0.15) is 15.9 Å². The van der Waals surface area contributed by atoms with Crippen LogP contribution in [0.5, 0.6) is 0 Å². The molecule has 0 saturated carbocycles. The molecule has 0 unspecified atom stereocenters. The van der Waals surface area contributed by atoms with Crippen LogP contribution < -0.4 is 5.32 Å². The molecule has 1 amide bonds. The van der Waals surface area contributed by atoms with Gasteiger partial charge in [0.1, 0.15) is 0 Å². The van der Waals surface area contributed by atoms with E-state index in [0.717, 1.165) is 24.3 Å². The number of aryl methyl sites for hydroxylation is 1. The van der Waals surface area contributed by atoms with E-state index in [1.807, 2.05) is 0 Å². The zero-order valence-corrected chi connectivity index (χ0v) is 12.9. The van der Waals surface area contributed by atoms with Crippen molar-refractivity contribution in [2.45, 2.75) is 6.92 Å². The van der Waals surface area contributed by atoms with Crippen LogP contribution in [0.25, 0.3) is 0 Å². The summed E-state index contributed by atoms with van der Waals surface area (Å²) in [6, 6.07) is 6.42. The summed E-state index contributed by atoms with van der Waals surface area (Å²) >= 11 is 0. The fourth-order valence-corrected chi connectivity index (χ4v) is 1.97. The summed E-state index contributed by atoms with van der Waals surface area (Å²) in [6.45, 7) is 0.804. The van der Waals surface area contributed by atoms with E-state index in [9.17, 15) is 28.5 Å². The number of ether oxygens (including phenoxy) is 1. The lowest BCUT2D eigenvalue weighted by molar-refractivity contribution is -0.385. The predicted octanol–water partition coefficient (Wildman–Crippen LogP) is 2.98. The second-order valence-electron chi connectivity index (χ2n) is 5.01. The minimum atomic E-state index is -1.13. The summed E-state index contributed by atoms with van der Waals surface area (Å²) in [6.07, 6.45) is 0. The number of hydrogen-bond donors (Lipinski definition) is 1. The quantitative estimate of drug-likeness (QED) is 0.508. The number of hydrogen-bond acceptors (Lipinski definition) is 5. The van der Waals surface area contributed by atoms with Gasteiger partial charge in [0.15, 0.2) is 18.2 Å². The molecule has 0 fully saturated rings. The van der Waals surface area contributed by atoms with E-state index in [1.165, 1.54) is 19.1 Å². The Labute approximate surface area is 140 Å². The van der Waals surface area contributed by atoms with Crippen LogP contribution in [0.4, 0.5) is 20.2 Å². The highest BCUT2D eigenvalue weighted by molar-refractivity contribution is 5.95. The minimum Gasteiger partial charge on any atom is -0.452 e. The van der Waals surface area contributed by atoms with Crippen LogP contribution >= 0.6 is 0 Å². The van der Waals surface area contributed by atoms with Gasteiger partial charge < -0.3 is 10.1 Å². The van der Waals surface area contributed by atoms with Gasteiger partial charge in [0, 0.05) is 23.4 Å². The third-order valence-corrected chi connectivity index (χ3v) is 3.17. The number of rotatable bonds is 5. The Balaban J connectivity index is 1.95. The molecule has 0 radical (unpaired) electrons. The van der Waals surface area contributed by atoms with Gasteiger partial charge in [0.25, 0.3) is 11.6 Å². The number of nitrogens with zero attached hydrogens (tertiary/aromatic N) is 1. The van der Waals surface area contributed by atoms with Crippen molar-refractivity contribution in [3.05, 3.63) is 69.3 Å². The van der Waals surface area contributed by atoms with Crippen molar-refractivity contribution in [1.82, 2.24) is 0 Å². The zero-order chi connectivity index (χ0) is 18.6. The number of amides is 1. The highest BCUT2D eigenvalue weighted by Crippen LogP contribution is 2.19. The van der Waals surface area contributed by atoms with E-state index in [2.05, 4.69) is 5.32 Å². The molecule has 0 aromatic heterocycles. The molecule has 2 aromatic carbocycles. The lowest BCUT2D eigenvalue weighted by Gasteiger charge is -2.07. The van der Waals surface area contributed by atoms with Crippen LogP contribution in [0.3, 0.4) is 0 Å². The smallest absolute Gasteiger partial charge is 0.338 e. The second kappa shape index (κ2) is 7.47. The Hall–Kier alpha value is -3.36. The van der Waals surface area contributed by atoms with Gasteiger partial charge in [-0.1, -0.05) is 0 Å². The maximum Gasteiger partial charge on any atom is 0.338 e. The van der Waals surface area contributed by atoms with Crippen molar-refractivity contribution in [3.63, 3.8) is 0 Å². The number of carbonyl (C=O) groups is 2. The molecule has 0 aliphatic rings. The Bertz CT molecular complexity index is 854. The first-order chi connectivity index (χ1) is 11.8. The van der Waals surface area contributed by atoms with E-state index in [-0.39, 0.29) is 22.5 Å². The molecule has 9 heteroatoms. The summed E-state index contributed by atoms with van der Waals surface area (Å²) < 4.78 is 30.6. The van der Waals surface area contributed by atoms with Crippen molar-refractivity contribution in [3.8, 4) is 0 Å². The van der Waals surface area contributed by atoms with Gasteiger partial charge >= 0.3 is 5.97 Å². The monoisotopic (exact) mass is 350 g/mol. The minimum absolute atomic E-state index is 0.00568. The first kappa shape index (κ1) is 18.0. The van der Waals surface area contributed by atoms with Crippen molar-refractivity contribution >= 4 is 23.3 Å². The molecule has 0 heterocycles. The number of nitro groups is 1. The van der Waals surface area contributed by atoms with Gasteiger partial charge in [-0.3, -0.25) is 14.9 Å². The van der Waals surface area contributed by atoms with E-state index < -0.39 is 35.0 Å². The molecule has 25 heavy (non-hydrogen) atoms. The Kier molecular flexibility index (Phi) is 5.38. The largest absolute Gasteiger partial charge is 0.452 e. The van der Waals surface area contributed by atoms with Gasteiger partial charge in [0.2, 0.25) is 0 Å². The van der Waals surface area contributed by atoms with Crippen molar-refractivity contribution in [2.75, 3.05) is 11.9 Å². The molecule has 0 spiro atoms. The van der Waals surface area contributed by atoms with Gasteiger partial charge in [-0.15, -0.1) is 0 Å². The molecule has 7 nitrogen and oxygen atoms in total. The molecule has 0 saturated heterocycles. The Morgan fingerprint density at radius 3 is 2.48 bits per heavy atom. The van der Waals surface area contributed by atoms with E-state index >= 15 is 0 Å². The van der Waals surface area contributed by atoms with Crippen LogP contribution in [0.15, 0.2) is 36.4 Å². The normalized spacial score (nSPS) is 10.2. The number of halogens is 2. The maximum atomic E-state index is 13.0. The number of nitrogens with one attached hydrogen (secondary N) is 1. The molecule has 0 aliphatic carbocycles. The summed E-state index contributed by atoms with van der Waals surface area (Å²) in [5.74, 6) is -3.79. The number of esters is 1. The predicted molar refractivity (Wildman–Crippen MR) is 83.1 cm³/mol. The molecular formula is C16H12F2N2O5. The van der Waals surface area contributed by atoms with Gasteiger partial charge in [0.05, 0.1) is 10.5 Å². The number of anilines is 1. The Morgan fingerprint density at radius 2 is 1.88 bits per heavy atom. The molecule has 2 aromatic rings. The van der Waals surface area contributed by atoms with E-state index in [1.54, 1.807) is 0 Å². The number of nitro benzene ring substituents is 1. The van der Waals surface area contributed by atoms with Gasteiger partial charge in [-0.2, -0.15) is 0 Å². The summed E-state index contributed by atoms with van der Waals surface area (Å²) in [7, 11) is 0. The Morgan fingerprint density at radius 1 is 1.16 bits per heavy atom. The summed E-state index contributed by atoms with van der Waals surface area (Å²) in [5, 5.41) is 13.0. The first-order valence-electron chi connectivity index (χ1n) is 6.95. The molecular weight excluding hydrogens is 338 g/mol. The molecule has 0 atom stereocenters. The number of carbonyl (C=O) groups excluding carboxylic acids is 2. The highest BCUT2D eigenvalue weighted by Gasteiger charge is 2.16. The highest BCUT2D eigenvalue weighted by atomic mass is 19.2. The van der Waals surface area contributed by atoms with E-state index in [0.29, 0.717) is 0 Å². The van der Waals surface area contributed by atoms with E-state index in [4.69, 9.17) is 4.74 Å². The lowest BCUT2D eigenvalue weighted by atomic mass is 10.1. The van der Waals surface area contributed by atoms with Crippen LogP contribution in [-0.4, -0.2) is 23.4 Å². The maximum absolute atomic E-state index is 13.0. The van der Waals surface area contributed by atoms with Crippen LogP contribution in [0.2, 0.25) is 0 Å². The van der Waals surface area contributed by atoms with Crippen molar-refractivity contribution < 1.29 is 28.0 Å². The molecule has 1 N–H and O–H groups in total. The third-order valence-electron chi connectivity index (χ3n) is 3.17. The van der Waals surface area contributed by atoms with Crippen molar-refractivity contribution in [1.29, 1.82) is 0 Å². The van der Waals surface area contributed by atoms with Gasteiger partial charge in [-0.05, 0) is 31.2 Å². The second-order valence-corrected chi connectivity index (χ2v) is 5.01.